The van der Waals surface area contributed by atoms with E-state index in [1.54, 1.807) is 6.07 Å². The van der Waals surface area contributed by atoms with Gasteiger partial charge in [-0.3, -0.25) is 0 Å². The van der Waals surface area contributed by atoms with Gasteiger partial charge >= 0.3 is 12.4 Å². The minimum atomic E-state index is -5.84. The molecule has 0 aromatic heterocycles. The van der Waals surface area contributed by atoms with Crippen molar-refractivity contribution in [2.75, 3.05) is 0 Å². The second kappa shape index (κ2) is 9.81. The third-order valence-corrected chi connectivity index (χ3v) is 6.35. The highest BCUT2D eigenvalue weighted by Crippen LogP contribution is 2.53. The fourth-order valence-corrected chi connectivity index (χ4v) is 4.22. The molecule has 34 heavy (non-hydrogen) atoms. The van der Waals surface area contributed by atoms with Gasteiger partial charge in [0.05, 0.1) is 6.61 Å². The van der Waals surface area contributed by atoms with E-state index in [0.717, 1.165) is 24.3 Å². The van der Waals surface area contributed by atoms with E-state index in [4.69, 9.17) is 0 Å². The molecule has 0 amide bonds. The van der Waals surface area contributed by atoms with Gasteiger partial charge in [-0.05, 0) is 48.5 Å². The quantitative estimate of drug-likeness (QED) is 0.254. The monoisotopic (exact) mass is 502 g/mol. The molecule has 0 saturated heterocycles. The number of alkyl halides is 6. The van der Waals surface area contributed by atoms with Crippen LogP contribution in [0, 0.1) is 5.82 Å². The van der Waals surface area contributed by atoms with Crippen molar-refractivity contribution in [3.05, 3.63) is 108 Å². The zero-order chi connectivity index (χ0) is 25.1. The van der Waals surface area contributed by atoms with E-state index in [2.05, 4.69) is 11.3 Å². The first-order valence-electron chi connectivity index (χ1n) is 9.65. The van der Waals surface area contributed by atoms with Crippen molar-refractivity contribution in [2.45, 2.75) is 29.5 Å². The molecule has 180 valence electrons. The van der Waals surface area contributed by atoms with Gasteiger partial charge in [0.15, 0.2) is 9.80 Å². The number of hydrogen-bond acceptors (Lipinski definition) is 2. The van der Waals surface area contributed by atoms with Gasteiger partial charge in [0.1, 0.15) is 5.82 Å². The number of hydrogen-bond donors (Lipinski definition) is 0. The summed E-state index contributed by atoms with van der Waals surface area (Å²) < 4.78 is 114. The normalized spacial score (nSPS) is 13.5. The summed E-state index contributed by atoms with van der Waals surface area (Å²) in [5.74, 6) is -0.568. The van der Waals surface area contributed by atoms with E-state index in [0.29, 0.717) is 12.1 Å². The topological polar surface area (TPSA) is 32.3 Å². The van der Waals surface area contributed by atoms with Gasteiger partial charge in [0.25, 0.3) is 5.60 Å². The summed E-state index contributed by atoms with van der Waals surface area (Å²) in [6, 6.07) is 14.9. The molecule has 1 unspecified atom stereocenters. The van der Waals surface area contributed by atoms with Crippen LogP contribution >= 0.6 is 0 Å². The molecule has 1 atom stereocenters. The van der Waals surface area contributed by atoms with Gasteiger partial charge in [-0.2, -0.15) is 26.3 Å². The average Bonchev–Trinajstić information content (AvgIpc) is 2.78. The Kier molecular flexibility index (Phi) is 7.44. The maximum Gasteiger partial charge on any atom is 0.430 e. The van der Waals surface area contributed by atoms with Gasteiger partial charge in [0.2, 0.25) is 0 Å². The Morgan fingerprint density at radius 2 is 1.32 bits per heavy atom. The Hall–Kier alpha value is -2.82. The Morgan fingerprint density at radius 3 is 1.82 bits per heavy atom. The number of benzene rings is 3. The predicted octanol–water partition coefficient (Wildman–Crippen LogP) is 7.14. The highest BCUT2D eigenvalue weighted by atomic mass is 32.2. The summed E-state index contributed by atoms with van der Waals surface area (Å²) in [7, 11) is 0. The third-order valence-electron chi connectivity index (χ3n) is 4.96. The summed E-state index contributed by atoms with van der Waals surface area (Å²) in [6.45, 7) is 2.68. The van der Waals surface area contributed by atoms with E-state index in [1.807, 2.05) is 0 Å². The van der Waals surface area contributed by atoms with Crippen LogP contribution in [0.3, 0.4) is 0 Å². The molecular weight excluding hydrogens is 485 g/mol. The molecule has 0 radical (unpaired) electrons. The summed E-state index contributed by atoms with van der Waals surface area (Å²) in [5, 5.41) is 0. The summed E-state index contributed by atoms with van der Waals surface area (Å²) in [4.78, 5) is 0.0922. The summed E-state index contributed by atoms with van der Waals surface area (Å²) in [6.07, 6.45) is -11.7. The molecule has 3 aromatic rings. The van der Waals surface area contributed by atoms with Crippen LogP contribution in [-0.2, 0) is 28.1 Å². The van der Waals surface area contributed by atoms with Crippen LogP contribution in [0.5, 0.6) is 0 Å². The van der Waals surface area contributed by atoms with Crippen molar-refractivity contribution in [1.29, 1.82) is 0 Å². The number of halogens is 7. The molecule has 0 fully saturated rings. The molecular formula is C24H17F7O2S. The Balaban J connectivity index is 1.96. The van der Waals surface area contributed by atoms with Crippen LogP contribution in [0.2, 0.25) is 0 Å². The minimum absolute atomic E-state index is 0.0488. The van der Waals surface area contributed by atoms with Crippen LogP contribution in [0.4, 0.5) is 30.7 Å². The van der Waals surface area contributed by atoms with Crippen molar-refractivity contribution < 1.29 is 40.0 Å². The lowest BCUT2D eigenvalue weighted by molar-refractivity contribution is -0.392. The van der Waals surface area contributed by atoms with Crippen molar-refractivity contribution in [3.8, 4) is 0 Å². The van der Waals surface area contributed by atoms with Crippen molar-refractivity contribution >= 4 is 16.1 Å². The summed E-state index contributed by atoms with van der Waals surface area (Å²) >= 11 is -1.91. The predicted molar refractivity (Wildman–Crippen MR) is 113 cm³/mol. The molecule has 0 spiro atoms. The fraction of sp³-hybridized carbons (Fsp3) is 0.167. The number of ether oxygens (including phenoxy) is 1. The first kappa shape index (κ1) is 25.8. The van der Waals surface area contributed by atoms with Gasteiger partial charge < -0.3 is 9.29 Å². The lowest BCUT2D eigenvalue weighted by atomic mass is 9.91. The molecule has 3 aromatic carbocycles. The van der Waals surface area contributed by atoms with Gasteiger partial charge in [-0.1, -0.05) is 42.5 Å². The second-order valence-corrected chi connectivity index (χ2v) is 8.68. The minimum Gasteiger partial charge on any atom is -0.606 e. The van der Waals surface area contributed by atoms with E-state index >= 15 is 0 Å². The van der Waals surface area contributed by atoms with Gasteiger partial charge in [0, 0.05) is 22.3 Å². The Morgan fingerprint density at radius 1 is 0.794 bits per heavy atom. The molecule has 0 heterocycles. The summed E-state index contributed by atoms with van der Waals surface area (Å²) in [5.41, 5.74) is -5.61. The third kappa shape index (κ3) is 5.13. The molecule has 0 bridgehead atoms. The van der Waals surface area contributed by atoms with E-state index in [9.17, 15) is 35.3 Å². The molecule has 0 N–H and O–H groups in total. The van der Waals surface area contributed by atoms with E-state index in [1.165, 1.54) is 36.4 Å². The number of rotatable bonds is 7. The SMILES string of the molecule is C=C(c1ccc(C(OCc2ccccc2)(C(F)(F)F)C(F)(F)F)cc1)[S+]([O-])c1ccc(F)cc1. The molecule has 10 heteroatoms. The zero-order valence-electron chi connectivity index (χ0n) is 17.3. The van der Waals surface area contributed by atoms with Gasteiger partial charge in [-0.25, -0.2) is 4.39 Å². The zero-order valence-corrected chi connectivity index (χ0v) is 18.1. The Bertz CT molecular complexity index is 1100. The van der Waals surface area contributed by atoms with Crippen molar-refractivity contribution in [3.63, 3.8) is 0 Å². The van der Waals surface area contributed by atoms with Gasteiger partial charge in [-0.15, -0.1) is 0 Å². The van der Waals surface area contributed by atoms with Crippen molar-refractivity contribution in [2.24, 2.45) is 0 Å². The average molecular weight is 502 g/mol. The molecule has 0 aliphatic rings. The largest absolute Gasteiger partial charge is 0.606 e. The van der Waals surface area contributed by atoms with Crippen LogP contribution in [0.15, 0.2) is 90.3 Å². The first-order chi connectivity index (χ1) is 15.9. The van der Waals surface area contributed by atoms with Crippen LogP contribution < -0.4 is 0 Å². The van der Waals surface area contributed by atoms with E-state index < -0.39 is 47.1 Å². The maximum atomic E-state index is 14.0. The smallest absolute Gasteiger partial charge is 0.430 e. The molecule has 0 saturated carbocycles. The fourth-order valence-electron chi connectivity index (χ4n) is 3.20. The molecule has 2 nitrogen and oxygen atoms in total. The standard InChI is InChI=1S/C24H17F7O2S/c1-16(34(32)21-13-11-20(25)12-14-21)18-7-9-19(10-8-18)22(23(26,27)28,24(29,30)31)33-15-17-5-3-2-4-6-17/h2-14H,1,15H2. The van der Waals surface area contributed by atoms with Crippen molar-refractivity contribution in [1.82, 2.24) is 0 Å². The molecule has 3 rings (SSSR count). The lowest BCUT2D eigenvalue weighted by Crippen LogP contribution is -2.55. The van der Waals surface area contributed by atoms with Crippen LogP contribution in [0.1, 0.15) is 16.7 Å². The maximum absolute atomic E-state index is 14.0. The van der Waals surface area contributed by atoms with E-state index in [-0.39, 0.29) is 20.9 Å². The van der Waals surface area contributed by atoms with Crippen LogP contribution in [0.25, 0.3) is 4.91 Å². The second-order valence-electron chi connectivity index (χ2n) is 7.17. The molecule has 0 aliphatic carbocycles. The first-order valence-corrected chi connectivity index (χ1v) is 10.8. The molecule has 0 aliphatic heterocycles. The highest BCUT2D eigenvalue weighted by molar-refractivity contribution is 8.00. The van der Waals surface area contributed by atoms with Crippen LogP contribution in [-0.4, -0.2) is 16.9 Å². The lowest BCUT2D eigenvalue weighted by Gasteiger charge is -2.37. The highest BCUT2D eigenvalue weighted by Gasteiger charge is 2.73. The Labute approximate surface area is 193 Å².